The molecule has 0 spiro atoms. The lowest BCUT2D eigenvalue weighted by Gasteiger charge is -2.15. The predicted molar refractivity (Wildman–Crippen MR) is 59.2 cm³/mol. The van der Waals surface area contributed by atoms with Gasteiger partial charge < -0.3 is 19.9 Å². The predicted octanol–water partition coefficient (Wildman–Crippen LogP) is 1.51. The quantitative estimate of drug-likeness (QED) is 0.598. The highest BCUT2D eigenvalue weighted by molar-refractivity contribution is 5.82. The van der Waals surface area contributed by atoms with Gasteiger partial charge in [0.25, 0.3) is 0 Å². The summed E-state index contributed by atoms with van der Waals surface area (Å²) in [4.78, 5) is 0. The van der Waals surface area contributed by atoms with Gasteiger partial charge >= 0.3 is 0 Å². The Morgan fingerprint density at radius 1 is 1.50 bits per heavy atom. The summed E-state index contributed by atoms with van der Waals surface area (Å²) in [6, 6.07) is 5.30. The van der Waals surface area contributed by atoms with Gasteiger partial charge in [0.2, 0.25) is 6.79 Å². The second-order valence-electron chi connectivity index (χ2n) is 3.49. The topological polar surface area (TPSA) is 77.6 Å². The van der Waals surface area contributed by atoms with Crippen LogP contribution >= 0.6 is 0 Å². The van der Waals surface area contributed by atoms with Crippen molar-refractivity contribution in [2.24, 2.45) is 5.73 Å². The summed E-state index contributed by atoms with van der Waals surface area (Å²) in [5.41, 5.74) is 5.41. The Kier molecular flexibility index (Phi) is 2.85. The Hall–Kier alpha value is -1.91. The molecule has 0 fully saturated rings. The number of hydrogen-bond acceptors (Lipinski definition) is 4. The lowest BCUT2D eigenvalue weighted by Crippen LogP contribution is -2.32. The van der Waals surface area contributed by atoms with E-state index in [2.05, 4.69) is 0 Å². The highest BCUT2D eigenvalue weighted by Crippen LogP contribution is 2.35. The maximum absolute atomic E-state index is 7.35. The maximum atomic E-state index is 7.35. The fraction of sp³-hybridized carbons (Fsp3) is 0.364. The number of amidine groups is 1. The van der Waals surface area contributed by atoms with Crippen LogP contribution in [0.15, 0.2) is 18.2 Å². The molecule has 0 radical (unpaired) electrons. The standard InChI is InChI=1S/C11H14N2O3/c1-2-8(11(12)13)16-7-3-4-9-10(5-7)15-6-14-9/h3-5,8H,2,6H2,1H3,(H3,12,13). The van der Waals surface area contributed by atoms with Crippen LogP contribution in [0, 0.1) is 5.41 Å². The molecular weight excluding hydrogens is 208 g/mol. The minimum absolute atomic E-state index is 0.0279. The van der Waals surface area contributed by atoms with Crippen molar-refractivity contribution in [2.75, 3.05) is 6.79 Å². The molecule has 0 saturated heterocycles. The number of rotatable bonds is 4. The Labute approximate surface area is 93.6 Å². The van der Waals surface area contributed by atoms with E-state index in [0.717, 1.165) is 0 Å². The van der Waals surface area contributed by atoms with Crippen molar-refractivity contribution in [2.45, 2.75) is 19.4 Å². The summed E-state index contributed by atoms with van der Waals surface area (Å²) >= 11 is 0. The lowest BCUT2D eigenvalue weighted by atomic mass is 10.2. The third kappa shape index (κ3) is 2.03. The fourth-order valence-corrected chi connectivity index (χ4v) is 1.48. The zero-order valence-electron chi connectivity index (χ0n) is 9.03. The molecule has 1 aliphatic heterocycles. The number of hydrogen-bond donors (Lipinski definition) is 2. The van der Waals surface area contributed by atoms with Crippen LogP contribution in [0.25, 0.3) is 0 Å². The Bertz CT molecular complexity index is 406. The number of fused-ring (bicyclic) bond motifs is 1. The summed E-state index contributed by atoms with van der Waals surface area (Å²) in [6.45, 7) is 2.15. The zero-order valence-corrected chi connectivity index (χ0v) is 9.03. The smallest absolute Gasteiger partial charge is 0.231 e. The van der Waals surface area contributed by atoms with Crippen molar-refractivity contribution in [1.82, 2.24) is 0 Å². The molecule has 5 nitrogen and oxygen atoms in total. The number of nitrogens with one attached hydrogen (secondary N) is 1. The third-order valence-corrected chi connectivity index (χ3v) is 2.34. The summed E-state index contributed by atoms with van der Waals surface area (Å²) in [5.74, 6) is 2.03. The maximum Gasteiger partial charge on any atom is 0.231 e. The van der Waals surface area contributed by atoms with E-state index in [1.54, 1.807) is 18.2 Å². The van der Waals surface area contributed by atoms with Crippen LogP contribution in [0.2, 0.25) is 0 Å². The SMILES string of the molecule is CCC(Oc1ccc2c(c1)OCO2)C(=N)N. The normalized spacial score (nSPS) is 14.6. The van der Waals surface area contributed by atoms with E-state index in [1.165, 1.54) is 0 Å². The Morgan fingerprint density at radius 3 is 2.94 bits per heavy atom. The molecule has 5 heteroatoms. The highest BCUT2D eigenvalue weighted by Gasteiger charge is 2.16. The summed E-state index contributed by atoms with van der Waals surface area (Å²) in [5, 5.41) is 7.35. The van der Waals surface area contributed by atoms with E-state index in [4.69, 9.17) is 25.4 Å². The molecule has 1 aromatic carbocycles. The van der Waals surface area contributed by atoms with Crippen LogP contribution in [0.4, 0.5) is 0 Å². The molecule has 16 heavy (non-hydrogen) atoms. The second kappa shape index (κ2) is 4.30. The van der Waals surface area contributed by atoms with Gasteiger partial charge in [-0.25, -0.2) is 0 Å². The summed E-state index contributed by atoms with van der Waals surface area (Å²) < 4.78 is 16.0. The first-order valence-corrected chi connectivity index (χ1v) is 5.11. The molecule has 1 aromatic rings. The molecule has 2 rings (SSSR count). The van der Waals surface area contributed by atoms with Crippen molar-refractivity contribution in [3.63, 3.8) is 0 Å². The molecule has 1 heterocycles. The van der Waals surface area contributed by atoms with Gasteiger partial charge in [0.1, 0.15) is 11.6 Å². The van der Waals surface area contributed by atoms with Crippen molar-refractivity contribution >= 4 is 5.84 Å². The van der Waals surface area contributed by atoms with Crippen LogP contribution in [-0.4, -0.2) is 18.7 Å². The van der Waals surface area contributed by atoms with E-state index in [9.17, 15) is 0 Å². The highest BCUT2D eigenvalue weighted by atomic mass is 16.7. The van der Waals surface area contributed by atoms with Gasteiger partial charge in [-0.15, -0.1) is 0 Å². The van der Waals surface area contributed by atoms with E-state index in [0.29, 0.717) is 23.7 Å². The molecular formula is C11H14N2O3. The molecule has 0 saturated carbocycles. The molecule has 0 bridgehead atoms. The number of ether oxygens (including phenoxy) is 3. The molecule has 0 aliphatic carbocycles. The number of nitrogens with two attached hydrogens (primary N) is 1. The first kappa shape index (κ1) is 10.6. The minimum Gasteiger partial charge on any atom is -0.482 e. The van der Waals surface area contributed by atoms with Crippen molar-refractivity contribution in [1.29, 1.82) is 5.41 Å². The first-order valence-electron chi connectivity index (χ1n) is 5.11. The molecule has 0 aromatic heterocycles. The van der Waals surface area contributed by atoms with Gasteiger partial charge in [-0.2, -0.15) is 0 Å². The third-order valence-electron chi connectivity index (χ3n) is 2.34. The van der Waals surface area contributed by atoms with Gasteiger partial charge in [-0.05, 0) is 18.6 Å². The van der Waals surface area contributed by atoms with Crippen molar-refractivity contribution in [3.05, 3.63) is 18.2 Å². The minimum atomic E-state index is -0.389. The monoisotopic (exact) mass is 222 g/mol. The first-order chi connectivity index (χ1) is 7.70. The van der Waals surface area contributed by atoms with Crippen LogP contribution < -0.4 is 19.9 Å². The van der Waals surface area contributed by atoms with E-state index in [1.807, 2.05) is 6.92 Å². The van der Waals surface area contributed by atoms with Crippen LogP contribution in [-0.2, 0) is 0 Å². The van der Waals surface area contributed by atoms with E-state index >= 15 is 0 Å². The molecule has 1 unspecified atom stereocenters. The van der Waals surface area contributed by atoms with Crippen molar-refractivity contribution < 1.29 is 14.2 Å². The molecule has 0 amide bonds. The largest absolute Gasteiger partial charge is 0.482 e. The lowest BCUT2D eigenvalue weighted by molar-refractivity contribution is 0.173. The van der Waals surface area contributed by atoms with Crippen molar-refractivity contribution in [3.8, 4) is 17.2 Å². The second-order valence-corrected chi connectivity index (χ2v) is 3.49. The van der Waals surface area contributed by atoms with Crippen LogP contribution in [0.5, 0.6) is 17.2 Å². The van der Waals surface area contributed by atoms with Gasteiger partial charge in [-0.1, -0.05) is 6.92 Å². The fourth-order valence-electron chi connectivity index (χ4n) is 1.48. The van der Waals surface area contributed by atoms with Gasteiger partial charge in [0, 0.05) is 6.07 Å². The Morgan fingerprint density at radius 2 is 2.25 bits per heavy atom. The van der Waals surface area contributed by atoms with Crippen LogP contribution in [0.1, 0.15) is 13.3 Å². The average molecular weight is 222 g/mol. The summed E-state index contributed by atoms with van der Waals surface area (Å²) in [7, 11) is 0. The molecule has 1 atom stereocenters. The average Bonchev–Trinajstić information content (AvgIpc) is 2.72. The Balaban J connectivity index is 2.13. The van der Waals surface area contributed by atoms with E-state index in [-0.39, 0.29) is 18.7 Å². The number of benzene rings is 1. The van der Waals surface area contributed by atoms with Crippen LogP contribution in [0.3, 0.4) is 0 Å². The summed E-state index contributed by atoms with van der Waals surface area (Å²) in [6.07, 6.45) is 0.268. The van der Waals surface area contributed by atoms with E-state index < -0.39 is 0 Å². The van der Waals surface area contributed by atoms with Gasteiger partial charge in [-0.3, -0.25) is 5.41 Å². The zero-order chi connectivity index (χ0) is 11.5. The molecule has 86 valence electrons. The van der Waals surface area contributed by atoms with Gasteiger partial charge in [0.15, 0.2) is 17.6 Å². The van der Waals surface area contributed by atoms with Gasteiger partial charge in [0.05, 0.1) is 0 Å². The molecule has 3 N–H and O–H groups in total. The molecule has 1 aliphatic rings.